The van der Waals surface area contributed by atoms with Crippen molar-refractivity contribution in [2.75, 3.05) is 50.8 Å². The summed E-state index contributed by atoms with van der Waals surface area (Å²) in [5, 5.41) is 0. The zero-order valence-corrected chi connectivity index (χ0v) is 17.4. The lowest BCUT2D eigenvalue weighted by atomic mass is 9.94. The number of hydrogen-bond donors (Lipinski definition) is 0. The van der Waals surface area contributed by atoms with Crippen LogP contribution in [-0.4, -0.2) is 83.3 Å². The van der Waals surface area contributed by atoms with Crippen LogP contribution in [-0.2, 0) is 9.59 Å². The van der Waals surface area contributed by atoms with Crippen LogP contribution in [0, 0.1) is 11.8 Å². The minimum atomic E-state index is 0.0549. The predicted molar refractivity (Wildman–Crippen MR) is 110 cm³/mol. The van der Waals surface area contributed by atoms with Crippen LogP contribution in [0.2, 0.25) is 0 Å². The largest absolute Gasteiger partial charge is 0.340 e. The van der Waals surface area contributed by atoms with E-state index in [0.717, 1.165) is 63.6 Å². The molecule has 0 radical (unpaired) electrons. The van der Waals surface area contributed by atoms with Gasteiger partial charge in [0, 0.05) is 56.7 Å². The normalized spacial score (nSPS) is 27.3. The molecule has 4 rings (SSSR count). The van der Waals surface area contributed by atoms with E-state index in [9.17, 15) is 9.59 Å². The molecule has 5 nitrogen and oxygen atoms in total. The van der Waals surface area contributed by atoms with Gasteiger partial charge in [-0.05, 0) is 31.6 Å². The molecule has 6 heteroatoms. The monoisotopic (exact) mass is 393 g/mol. The van der Waals surface area contributed by atoms with Crippen molar-refractivity contribution in [3.05, 3.63) is 0 Å². The van der Waals surface area contributed by atoms with Gasteiger partial charge < -0.3 is 9.80 Å². The van der Waals surface area contributed by atoms with Crippen LogP contribution in [0.3, 0.4) is 0 Å². The molecule has 0 spiro atoms. The van der Waals surface area contributed by atoms with E-state index in [1.807, 2.05) is 11.8 Å². The maximum atomic E-state index is 13.4. The Kier molecular flexibility index (Phi) is 6.64. The fourth-order valence-corrected chi connectivity index (χ4v) is 6.45. The third-order valence-electron chi connectivity index (χ3n) is 7.15. The topological polar surface area (TPSA) is 43.9 Å². The summed E-state index contributed by atoms with van der Waals surface area (Å²) in [5.41, 5.74) is 0. The van der Waals surface area contributed by atoms with Gasteiger partial charge in [-0.25, -0.2) is 0 Å². The maximum absolute atomic E-state index is 13.4. The minimum Gasteiger partial charge on any atom is -0.340 e. The quantitative estimate of drug-likeness (QED) is 0.736. The SMILES string of the molecule is O=C(C1CCCC1)N1CCN([C@@H](C(=O)N2CCSCC2)C2CCCC2)CC1. The number of carbonyl (C=O) groups excluding carboxylic acids is 2. The highest BCUT2D eigenvalue weighted by Crippen LogP contribution is 2.33. The van der Waals surface area contributed by atoms with E-state index in [1.165, 1.54) is 38.5 Å². The van der Waals surface area contributed by atoms with Crippen LogP contribution in [0.15, 0.2) is 0 Å². The van der Waals surface area contributed by atoms with Crippen LogP contribution in [0.1, 0.15) is 51.4 Å². The summed E-state index contributed by atoms with van der Waals surface area (Å²) >= 11 is 1.96. The molecule has 2 amide bonds. The fourth-order valence-electron chi connectivity index (χ4n) is 5.55. The van der Waals surface area contributed by atoms with E-state index < -0.39 is 0 Å². The predicted octanol–water partition coefficient (Wildman–Crippen LogP) is 2.46. The van der Waals surface area contributed by atoms with Gasteiger partial charge in [0.1, 0.15) is 0 Å². The van der Waals surface area contributed by atoms with Gasteiger partial charge in [0.2, 0.25) is 11.8 Å². The minimum absolute atomic E-state index is 0.0549. The van der Waals surface area contributed by atoms with E-state index in [0.29, 0.717) is 17.7 Å². The lowest BCUT2D eigenvalue weighted by Crippen LogP contribution is -2.59. The maximum Gasteiger partial charge on any atom is 0.240 e. The van der Waals surface area contributed by atoms with E-state index in [4.69, 9.17) is 0 Å². The Balaban J connectivity index is 1.38. The second-order valence-electron chi connectivity index (χ2n) is 8.77. The van der Waals surface area contributed by atoms with Crippen molar-refractivity contribution in [2.24, 2.45) is 11.8 Å². The van der Waals surface area contributed by atoms with Crippen molar-refractivity contribution >= 4 is 23.6 Å². The molecule has 152 valence electrons. The second-order valence-corrected chi connectivity index (χ2v) is 9.99. The van der Waals surface area contributed by atoms with Crippen molar-refractivity contribution < 1.29 is 9.59 Å². The first kappa shape index (κ1) is 19.6. The van der Waals surface area contributed by atoms with Crippen molar-refractivity contribution in [3.8, 4) is 0 Å². The molecule has 2 heterocycles. The molecular weight excluding hydrogens is 358 g/mol. The van der Waals surface area contributed by atoms with Gasteiger partial charge in [0.15, 0.2) is 0 Å². The highest BCUT2D eigenvalue weighted by atomic mass is 32.2. The zero-order chi connectivity index (χ0) is 18.6. The Morgan fingerprint density at radius 1 is 0.741 bits per heavy atom. The van der Waals surface area contributed by atoms with Crippen molar-refractivity contribution in [1.29, 1.82) is 0 Å². The smallest absolute Gasteiger partial charge is 0.240 e. The highest BCUT2D eigenvalue weighted by Gasteiger charge is 2.40. The third-order valence-corrected chi connectivity index (χ3v) is 8.09. The van der Waals surface area contributed by atoms with Crippen LogP contribution < -0.4 is 0 Å². The first-order valence-electron chi connectivity index (χ1n) is 11.1. The van der Waals surface area contributed by atoms with Crippen LogP contribution in [0.25, 0.3) is 0 Å². The van der Waals surface area contributed by atoms with E-state index in [2.05, 4.69) is 14.7 Å². The Bertz CT molecular complexity index is 518. The molecule has 2 aliphatic heterocycles. The number of thioether (sulfide) groups is 1. The van der Waals surface area contributed by atoms with Crippen molar-refractivity contribution in [2.45, 2.75) is 57.4 Å². The van der Waals surface area contributed by atoms with E-state index in [-0.39, 0.29) is 12.0 Å². The van der Waals surface area contributed by atoms with Gasteiger partial charge >= 0.3 is 0 Å². The highest BCUT2D eigenvalue weighted by molar-refractivity contribution is 7.99. The van der Waals surface area contributed by atoms with E-state index >= 15 is 0 Å². The molecule has 0 bridgehead atoms. The first-order valence-corrected chi connectivity index (χ1v) is 12.3. The average Bonchev–Trinajstić information content (AvgIpc) is 3.43. The number of rotatable bonds is 4. The molecule has 2 saturated carbocycles. The lowest BCUT2D eigenvalue weighted by Gasteiger charge is -2.43. The molecule has 27 heavy (non-hydrogen) atoms. The Morgan fingerprint density at radius 2 is 1.33 bits per heavy atom. The van der Waals surface area contributed by atoms with Gasteiger partial charge in [-0.15, -0.1) is 0 Å². The molecule has 1 atom stereocenters. The van der Waals surface area contributed by atoms with Crippen LogP contribution in [0.5, 0.6) is 0 Å². The summed E-state index contributed by atoms with van der Waals surface area (Å²) in [6, 6.07) is 0.0549. The Morgan fingerprint density at radius 3 is 1.96 bits per heavy atom. The molecular formula is C21H35N3O2S. The van der Waals surface area contributed by atoms with Crippen LogP contribution >= 0.6 is 11.8 Å². The van der Waals surface area contributed by atoms with Crippen molar-refractivity contribution in [1.82, 2.24) is 14.7 Å². The molecule has 0 aromatic heterocycles. The van der Waals surface area contributed by atoms with E-state index in [1.54, 1.807) is 0 Å². The molecule has 0 N–H and O–H groups in total. The number of piperazine rings is 1. The van der Waals surface area contributed by atoms with Crippen LogP contribution in [0.4, 0.5) is 0 Å². The Labute approximate surface area is 168 Å². The first-order chi connectivity index (χ1) is 13.2. The second kappa shape index (κ2) is 9.17. The standard InChI is InChI=1S/C21H35N3O2S/c25-20(18-7-3-4-8-18)23-11-9-22(10-12-23)19(17-5-1-2-6-17)21(26)24-13-15-27-16-14-24/h17-19H,1-16H2/t19-/m1/s1. The zero-order valence-electron chi connectivity index (χ0n) is 16.6. The fraction of sp³-hybridized carbons (Fsp3) is 0.905. The lowest BCUT2D eigenvalue weighted by molar-refractivity contribution is -0.142. The number of hydrogen-bond acceptors (Lipinski definition) is 4. The summed E-state index contributed by atoms with van der Waals surface area (Å²) in [5.74, 6) is 3.69. The number of amides is 2. The van der Waals surface area contributed by atoms with Crippen molar-refractivity contribution in [3.63, 3.8) is 0 Å². The van der Waals surface area contributed by atoms with Gasteiger partial charge in [-0.3, -0.25) is 14.5 Å². The summed E-state index contributed by atoms with van der Waals surface area (Å²) in [6.07, 6.45) is 9.51. The molecule has 0 aromatic carbocycles. The van der Waals surface area contributed by atoms with Gasteiger partial charge in [0.25, 0.3) is 0 Å². The van der Waals surface area contributed by atoms with Gasteiger partial charge in [-0.1, -0.05) is 25.7 Å². The number of nitrogens with zero attached hydrogens (tertiary/aromatic N) is 3. The molecule has 0 unspecified atom stereocenters. The average molecular weight is 394 g/mol. The molecule has 0 aromatic rings. The molecule has 4 fully saturated rings. The summed E-state index contributed by atoms with van der Waals surface area (Å²) in [6.45, 7) is 5.17. The number of carbonyl (C=O) groups is 2. The summed E-state index contributed by atoms with van der Waals surface area (Å²) in [4.78, 5) is 32.8. The molecule has 2 saturated heterocycles. The molecule has 2 aliphatic carbocycles. The summed E-state index contributed by atoms with van der Waals surface area (Å²) in [7, 11) is 0. The van der Waals surface area contributed by atoms with Gasteiger partial charge in [-0.2, -0.15) is 11.8 Å². The summed E-state index contributed by atoms with van der Waals surface area (Å²) < 4.78 is 0. The third kappa shape index (κ3) is 4.47. The van der Waals surface area contributed by atoms with Gasteiger partial charge in [0.05, 0.1) is 6.04 Å². The molecule has 4 aliphatic rings. The Hall–Kier alpha value is -0.750.